The van der Waals surface area contributed by atoms with Gasteiger partial charge in [-0.2, -0.15) is 0 Å². The number of rotatable bonds is 6. The van der Waals surface area contributed by atoms with Gasteiger partial charge in [0.15, 0.2) is 0 Å². The first kappa shape index (κ1) is 15.8. The standard InChI is InChI=1S/C14H23F2N3S/c1-10(2)9-17-8-5-12-18-19-13(20-12)11-3-6-14(15,16)7-4-11/h10-11,17H,3-9H2,1-2H3. The Hall–Kier alpha value is -0.620. The van der Waals surface area contributed by atoms with Crippen molar-refractivity contribution in [3.8, 4) is 0 Å². The first-order valence-electron chi connectivity index (χ1n) is 7.37. The minimum atomic E-state index is -2.47. The van der Waals surface area contributed by atoms with Crippen molar-refractivity contribution in [2.24, 2.45) is 5.92 Å². The van der Waals surface area contributed by atoms with Crippen molar-refractivity contribution in [3.05, 3.63) is 10.0 Å². The highest BCUT2D eigenvalue weighted by Gasteiger charge is 2.36. The van der Waals surface area contributed by atoms with Crippen LogP contribution in [0.5, 0.6) is 0 Å². The minimum Gasteiger partial charge on any atom is -0.316 e. The van der Waals surface area contributed by atoms with Gasteiger partial charge in [-0.05, 0) is 25.3 Å². The van der Waals surface area contributed by atoms with Gasteiger partial charge in [-0.15, -0.1) is 21.5 Å². The molecule has 0 aromatic carbocycles. The van der Waals surface area contributed by atoms with Gasteiger partial charge in [0.05, 0.1) is 0 Å². The van der Waals surface area contributed by atoms with E-state index in [0.29, 0.717) is 18.8 Å². The zero-order chi connectivity index (χ0) is 14.6. The monoisotopic (exact) mass is 303 g/mol. The second-order valence-corrected chi connectivity index (χ2v) is 7.11. The van der Waals surface area contributed by atoms with E-state index in [1.54, 1.807) is 11.3 Å². The molecule has 1 aromatic heterocycles. The molecule has 0 amide bonds. The summed E-state index contributed by atoms with van der Waals surface area (Å²) in [6.07, 6.45) is 1.92. The molecule has 114 valence electrons. The third-order valence-corrected chi connectivity index (χ3v) is 4.76. The lowest BCUT2D eigenvalue weighted by Gasteiger charge is -2.26. The summed E-state index contributed by atoms with van der Waals surface area (Å²) in [5.41, 5.74) is 0. The van der Waals surface area contributed by atoms with Crippen molar-refractivity contribution in [2.75, 3.05) is 13.1 Å². The summed E-state index contributed by atoms with van der Waals surface area (Å²) in [4.78, 5) is 0. The molecule has 1 aliphatic rings. The van der Waals surface area contributed by atoms with E-state index in [-0.39, 0.29) is 18.8 Å². The largest absolute Gasteiger partial charge is 0.316 e. The van der Waals surface area contributed by atoms with Crippen LogP contribution in [-0.4, -0.2) is 29.2 Å². The molecule has 0 atom stereocenters. The Kier molecular flexibility index (Phi) is 5.43. The van der Waals surface area contributed by atoms with E-state index < -0.39 is 5.92 Å². The topological polar surface area (TPSA) is 37.8 Å². The van der Waals surface area contributed by atoms with E-state index in [1.165, 1.54) is 0 Å². The Morgan fingerprint density at radius 3 is 2.65 bits per heavy atom. The van der Waals surface area contributed by atoms with Crippen molar-refractivity contribution < 1.29 is 8.78 Å². The molecule has 3 nitrogen and oxygen atoms in total. The predicted molar refractivity (Wildman–Crippen MR) is 77.5 cm³/mol. The Bertz CT molecular complexity index is 410. The molecular weight excluding hydrogens is 280 g/mol. The molecule has 20 heavy (non-hydrogen) atoms. The summed E-state index contributed by atoms with van der Waals surface area (Å²) in [5, 5.41) is 13.7. The van der Waals surface area contributed by atoms with Gasteiger partial charge in [-0.1, -0.05) is 13.8 Å². The van der Waals surface area contributed by atoms with Crippen LogP contribution in [0.1, 0.15) is 55.5 Å². The molecule has 0 aliphatic heterocycles. The van der Waals surface area contributed by atoms with Crippen molar-refractivity contribution in [2.45, 2.75) is 57.8 Å². The first-order valence-corrected chi connectivity index (χ1v) is 8.19. The molecule has 1 fully saturated rings. The number of hydrogen-bond acceptors (Lipinski definition) is 4. The molecule has 0 spiro atoms. The maximum atomic E-state index is 13.1. The molecule has 0 unspecified atom stereocenters. The van der Waals surface area contributed by atoms with E-state index in [4.69, 9.17) is 0 Å². The quantitative estimate of drug-likeness (QED) is 0.816. The summed E-state index contributed by atoms with van der Waals surface area (Å²) in [6, 6.07) is 0. The maximum absolute atomic E-state index is 13.1. The van der Waals surface area contributed by atoms with Crippen LogP contribution < -0.4 is 5.32 Å². The average Bonchev–Trinajstić information content (AvgIpc) is 2.83. The zero-order valence-corrected chi connectivity index (χ0v) is 13.0. The number of nitrogens with one attached hydrogen (secondary N) is 1. The van der Waals surface area contributed by atoms with Gasteiger partial charge < -0.3 is 5.32 Å². The number of hydrogen-bond donors (Lipinski definition) is 1. The van der Waals surface area contributed by atoms with E-state index in [1.807, 2.05) is 0 Å². The molecule has 1 saturated carbocycles. The number of nitrogens with zero attached hydrogens (tertiary/aromatic N) is 2. The molecule has 1 heterocycles. The highest BCUT2D eigenvalue weighted by Crippen LogP contribution is 2.41. The van der Waals surface area contributed by atoms with Gasteiger partial charge >= 0.3 is 0 Å². The van der Waals surface area contributed by atoms with Crippen molar-refractivity contribution in [1.29, 1.82) is 0 Å². The lowest BCUT2D eigenvalue weighted by atomic mass is 9.87. The highest BCUT2D eigenvalue weighted by atomic mass is 32.1. The Morgan fingerprint density at radius 1 is 1.30 bits per heavy atom. The number of halogens is 2. The molecule has 0 bridgehead atoms. The highest BCUT2D eigenvalue weighted by molar-refractivity contribution is 7.11. The van der Waals surface area contributed by atoms with Crippen LogP contribution in [0.2, 0.25) is 0 Å². The number of alkyl halides is 2. The SMILES string of the molecule is CC(C)CNCCc1nnc(C2CCC(F)(F)CC2)s1. The molecule has 1 N–H and O–H groups in total. The second-order valence-electron chi connectivity index (χ2n) is 6.01. The Labute approximate surface area is 123 Å². The van der Waals surface area contributed by atoms with Crippen LogP contribution in [0.4, 0.5) is 8.78 Å². The number of aromatic nitrogens is 2. The van der Waals surface area contributed by atoms with Crippen LogP contribution in [0, 0.1) is 5.92 Å². The van der Waals surface area contributed by atoms with Crippen LogP contribution in [-0.2, 0) is 6.42 Å². The summed E-state index contributed by atoms with van der Waals surface area (Å²) < 4.78 is 26.3. The average molecular weight is 303 g/mol. The Morgan fingerprint density at radius 2 is 2.00 bits per heavy atom. The second kappa shape index (κ2) is 6.89. The molecule has 6 heteroatoms. The smallest absolute Gasteiger partial charge is 0.248 e. The molecular formula is C14H23F2N3S. The summed E-state index contributed by atoms with van der Waals surface area (Å²) in [7, 11) is 0. The van der Waals surface area contributed by atoms with Gasteiger partial charge in [0.1, 0.15) is 10.0 Å². The van der Waals surface area contributed by atoms with E-state index >= 15 is 0 Å². The van der Waals surface area contributed by atoms with Crippen LogP contribution in [0.3, 0.4) is 0 Å². The van der Waals surface area contributed by atoms with Gasteiger partial charge in [0.25, 0.3) is 0 Å². The zero-order valence-electron chi connectivity index (χ0n) is 12.2. The fourth-order valence-corrected chi connectivity index (χ4v) is 3.42. The predicted octanol–water partition coefficient (Wildman–Crippen LogP) is 3.62. The lowest BCUT2D eigenvalue weighted by Crippen LogP contribution is -2.23. The van der Waals surface area contributed by atoms with Gasteiger partial charge in [-0.3, -0.25) is 0 Å². The van der Waals surface area contributed by atoms with Gasteiger partial charge in [-0.25, -0.2) is 8.78 Å². The van der Waals surface area contributed by atoms with Crippen LogP contribution in [0.25, 0.3) is 0 Å². The van der Waals surface area contributed by atoms with Crippen LogP contribution >= 0.6 is 11.3 Å². The normalized spacial score (nSPS) is 19.6. The fourth-order valence-electron chi connectivity index (χ4n) is 2.41. The van der Waals surface area contributed by atoms with E-state index in [0.717, 1.165) is 29.5 Å². The minimum absolute atomic E-state index is 0.0114. The summed E-state index contributed by atoms with van der Waals surface area (Å²) in [5.74, 6) is -1.64. The first-order chi connectivity index (χ1) is 9.46. The van der Waals surface area contributed by atoms with E-state index in [9.17, 15) is 8.78 Å². The maximum Gasteiger partial charge on any atom is 0.248 e. The lowest BCUT2D eigenvalue weighted by molar-refractivity contribution is -0.0382. The summed E-state index contributed by atoms with van der Waals surface area (Å²) in [6.45, 7) is 6.25. The molecule has 0 saturated heterocycles. The molecule has 0 radical (unpaired) electrons. The molecule has 1 aromatic rings. The summed E-state index contributed by atoms with van der Waals surface area (Å²) >= 11 is 1.59. The van der Waals surface area contributed by atoms with Crippen molar-refractivity contribution >= 4 is 11.3 Å². The Balaban J connectivity index is 1.77. The molecule has 2 rings (SSSR count). The van der Waals surface area contributed by atoms with Crippen molar-refractivity contribution in [3.63, 3.8) is 0 Å². The van der Waals surface area contributed by atoms with Gasteiger partial charge in [0, 0.05) is 31.7 Å². The van der Waals surface area contributed by atoms with E-state index in [2.05, 4.69) is 29.4 Å². The molecule has 1 aliphatic carbocycles. The van der Waals surface area contributed by atoms with Crippen LogP contribution in [0.15, 0.2) is 0 Å². The third-order valence-electron chi connectivity index (χ3n) is 3.62. The van der Waals surface area contributed by atoms with Crippen molar-refractivity contribution in [1.82, 2.24) is 15.5 Å². The fraction of sp³-hybridized carbons (Fsp3) is 0.857. The third kappa shape index (κ3) is 4.74. The van der Waals surface area contributed by atoms with Gasteiger partial charge in [0.2, 0.25) is 5.92 Å².